The number of carbonyl (C=O) groups excluding carboxylic acids is 2. The van der Waals surface area contributed by atoms with Gasteiger partial charge < -0.3 is 14.2 Å². The molecule has 1 unspecified atom stereocenters. The number of amides is 2. The fourth-order valence-electron chi connectivity index (χ4n) is 3.03. The van der Waals surface area contributed by atoms with Crippen molar-refractivity contribution in [2.24, 2.45) is 0 Å². The molecule has 3 aromatic rings. The molecular weight excluding hydrogens is 334 g/mol. The van der Waals surface area contributed by atoms with Gasteiger partial charge in [0.2, 0.25) is 11.8 Å². The van der Waals surface area contributed by atoms with E-state index in [0.717, 1.165) is 0 Å². The fraction of sp³-hybridized carbons (Fsp3) is 0.211. The van der Waals surface area contributed by atoms with Crippen LogP contribution < -0.4 is 10.2 Å². The predicted octanol–water partition coefficient (Wildman–Crippen LogP) is 3.16. The summed E-state index contributed by atoms with van der Waals surface area (Å²) in [5, 5.41) is 2.81. The summed E-state index contributed by atoms with van der Waals surface area (Å²) in [6.45, 7) is 3.45. The molecule has 0 saturated carbocycles. The Morgan fingerprint density at radius 1 is 1.27 bits per heavy atom. The quantitative estimate of drug-likeness (QED) is 0.783. The first-order valence-electron chi connectivity index (χ1n) is 8.26. The number of aromatic nitrogens is 1. The van der Waals surface area contributed by atoms with Gasteiger partial charge in [-0.05, 0) is 38.1 Å². The first kappa shape index (κ1) is 16.1. The maximum Gasteiger partial charge on any atom is 0.263 e. The first-order valence-corrected chi connectivity index (χ1v) is 8.26. The van der Waals surface area contributed by atoms with Crippen LogP contribution in [0.25, 0.3) is 11.7 Å². The van der Waals surface area contributed by atoms with Crippen molar-refractivity contribution in [2.45, 2.75) is 26.3 Å². The van der Waals surface area contributed by atoms with Gasteiger partial charge >= 0.3 is 0 Å². The summed E-state index contributed by atoms with van der Waals surface area (Å²) in [7, 11) is 0. The monoisotopic (exact) mass is 351 g/mol. The Bertz CT molecular complexity index is 975. The second-order valence-electron chi connectivity index (χ2n) is 6.12. The Hall–Kier alpha value is -3.35. The van der Waals surface area contributed by atoms with Crippen LogP contribution in [0, 0.1) is 6.92 Å². The molecule has 3 heterocycles. The lowest BCUT2D eigenvalue weighted by Crippen LogP contribution is -2.50. The number of carbonyl (C=O) groups is 2. The van der Waals surface area contributed by atoms with Gasteiger partial charge in [0, 0.05) is 0 Å². The average Bonchev–Trinajstić information content (AvgIpc) is 3.26. The van der Waals surface area contributed by atoms with Crippen molar-refractivity contribution in [3.05, 3.63) is 54.1 Å². The van der Waals surface area contributed by atoms with E-state index >= 15 is 0 Å². The smallest absolute Gasteiger partial charge is 0.263 e. The van der Waals surface area contributed by atoms with Gasteiger partial charge in [-0.15, -0.1) is 0 Å². The van der Waals surface area contributed by atoms with Gasteiger partial charge in [-0.25, -0.2) is 4.98 Å². The molecule has 7 nitrogen and oxygen atoms in total. The van der Waals surface area contributed by atoms with E-state index in [1.165, 1.54) is 11.2 Å². The minimum absolute atomic E-state index is 0.0298. The molecule has 1 N–H and O–H groups in total. The van der Waals surface area contributed by atoms with Crippen LogP contribution in [0.5, 0.6) is 0 Å². The molecule has 2 aromatic heterocycles. The van der Waals surface area contributed by atoms with Crippen molar-refractivity contribution in [1.29, 1.82) is 0 Å². The molecule has 4 rings (SSSR count). The molecule has 0 aliphatic carbocycles. The van der Waals surface area contributed by atoms with Crippen molar-refractivity contribution in [2.75, 3.05) is 10.2 Å². The maximum absolute atomic E-state index is 13.0. The highest BCUT2D eigenvalue weighted by atomic mass is 16.4. The fourth-order valence-corrected chi connectivity index (χ4v) is 3.03. The number of rotatable bonds is 3. The highest BCUT2D eigenvalue weighted by molar-refractivity contribution is 6.12. The number of fused-ring (bicyclic) bond motifs is 1. The summed E-state index contributed by atoms with van der Waals surface area (Å²) in [5.41, 5.74) is 1.83. The molecule has 1 aromatic carbocycles. The van der Waals surface area contributed by atoms with Crippen LogP contribution in [-0.4, -0.2) is 22.8 Å². The summed E-state index contributed by atoms with van der Waals surface area (Å²) in [6.07, 6.45) is 1.56. The minimum atomic E-state index is -0.603. The lowest BCUT2D eigenvalue weighted by Gasteiger charge is -2.34. The van der Waals surface area contributed by atoms with E-state index in [-0.39, 0.29) is 18.2 Å². The van der Waals surface area contributed by atoms with E-state index in [9.17, 15) is 9.59 Å². The molecule has 1 atom stereocenters. The number of anilines is 2. The Morgan fingerprint density at radius 2 is 2.08 bits per heavy atom. The highest BCUT2D eigenvalue weighted by Gasteiger charge is 2.34. The molecule has 7 heteroatoms. The van der Waals surface area contributed by atoms with Crippen LogP contribution in [-0.2, 0) is 16.0 Å². The van der Waals surface area contributed by atoms with E-state index in [2.05, 4.69) is 10.3 Å². The molecule has 0 spiro atoms. The Balaban J connectivity index is 1.63. The van der Waals surface area contributed by atoms with Crippen molar-refractivity contribution in [1.82, 2.24) is 4.98 Å². The van der Waals surface area contributed by atoms with Gasteiger partial charge in [-0.2, -0.15) is 0 Å². The molecule has 0 fully saturated rings. The Kier molecular flexibility index (Phi) is 3.84. The Labute approximate surface area is 149 Å². The number of benzene rings is 1. The Morgan fingerprint density at radius 3 is 2.85 bits per heavy atom. The first-order chi connectivity index (χ1) is 12.5. The lowest BCUT2D eigenvalue weighted by molar-refractivity contribution is -0.123. The van der Waals surface area contributed by atoms with Crippen LogP contribution in [0.15, 0.2) is 51.5 Å². The van der Waals surface area contributed by atoms with Crippen LogP contribution in [0.4, 0.5) is 11.4 Å². The number of hydrogen-bond donors (Lipinski definition) is 1. The number of nitrogens with one attached hydrogen (secondary N) is 1. The molecule has 132 valence electrons. The van der Waals surface area contributed by atoms with Gasteiger partial charge in [0.15, 0.2) is 5.76 Å². The third kappa shape index (κ3) is 2.67. The predicted molar refractivity (Wildman–Crippen MR) is 94.7 cm³/mol. The molecule has 0 radical (unpaired) electrons. The SMILES string of the molecule is Cc1oc(-c2ccco2)nc1CC(=O)N1c2ccccc2NC(=O)C1C. The van der Waals surface area contributed by atoms with Crippen molar-refractivity contribution >= 4 is 23.2 Å². The third-order valence-electron chi connectivity index (χ3n) is 4.40. The largest absolute Gasteiger partial charge is 0.459 e. The average molecular weight is 351 g/mol. The van der Waals surface area contributed by atoms with Gasteiger partial charge in [0.1, 0.15) is 11.8 Å². The zero-order valence-corrected chi connectivity index (χ0v) is 14.4. The number of nitrogens with zero attached hydrogens (tertiary/aromatic N) is 2. The molecule has 2 amide bonds. The lowest BCUT2D eigenvalue weighted by atomic mass is 10.1. The van der Waals surface area contributed by atoms with Crippen molar-refractivity contribution < 1.29 is 18.4 Å². The molecule has 26 heavy (non-hydrogen) atoms. The van der Waals surface area contributed by atoms with Gasteiger partial charge in [0.25, 0.3) is 5.89 Å². The number of hydrogen-bond acceptors (Lipinski definition) is 5. The van der Waals surface area contributed by atoms with E-state index in [1.54, 1.807) is 32.0 Å². The van der Waals surface area contributed by atoms with Crippen LogP contribution in [0.3, 0.4) is 0 Å². The van der Waals surface area contributed by atoms with E-state index in [1.807, 2.05) is 18.2 Å². The van der Waals surface area contributed by atoms with Gasteiger partial charge in [-0.1, -0.05) is 12.1 Å². The molecule has 1 aliphatic rings. The third-order valence-corrected chi connectivity index (χ3v) is 4.40. The maximum atomic E-state index is 13.0. The zero-order valence-electron chi connectivity index (χ0n) is 14.4. The standard InChI is InChI=1S/C19H17N3O4/c1-11-18(24)20-13-6-3-4-7-15(13)22(11)17(23)10-14-12(2)26-19(21-14)16-8-5-9-25-16/h3-9,11H,10H2,1-2H3,(H,20,24). The van der Waals surface area contributed by atoms with Crippen molar-refractivity contribution in [3.8, 4) is 11.7 Å². The normalized spacial score (nSPS) is 16.3. The summed E-state index contributed by atoms with van der Waals surface area (Å²) in [6, 6.07) is 10.1. The van der Waals surface area contributed by atoms with E-state index in [4.69, 9.17) is 8.83 Å². The van der Waals surface area contributed by atoms with E-state index < -0.39 is 6.04 Å². The second kappa shape index (κ2) is 6.18. The van der Waals surface area contributed by atoms with Crippen LogP contribution in [0.2, 0.25) is 0 Å². The zero-order chi connectivity index (χ0) is 18.3. The molecule has 1 aliphatic heterocycles. The van der Waals surface area contributed by atoms with Gasteiger partial charge in [0.05, 0.1) is 29.8 Å². The molecular formula is C19H17N3O4. The minimum Gasteiger partial charge on any atom is -0.459 e. The van der Waals surface area contributed by atoms with Crippen LogP contribution in [0.1, 0.15) is 18.4 Å². The summed E-state index contributed by atoms with van der Waals surface area (Å²) in [4.78, 5) is 31.1. The second-order valence-corrected chi connectivity index (χ2v) is 6.12. The van der Waals surface area contributed by atoms with E-state index in [0.29, 0.717) is 34.5 Å². The van der Waals surface area contributed by atoms with Crippen molar-refractivity contribution in [3.63, 3.8) is 0 Å². The topological polar surface area (TPSA) is 88.6 Å². The number of furan rings is 1. The summed E-state index contributed by atoms with van der Waals surface area (Å²) in [5.74, 6) is 0.947. The molecule has 0 bridgehead atoms. The number of para-hydroxylation sites is 2. The van der Waals surface area contributed by atoms with Crippen LogP contribution >= 0.6 is 0 Å². The summed E-state index contributed by atoms with van der Waals surface area (Å²) >= 11 is 0. The number of oxazole rings is 1. The van der Waals surface area contributed by atoms with Gasteiger partial charge in [-0.3, -0.25) is 14.5 Å². The molecule has 0 saturated heterocycles. The highest BCUT2D eigenvalue weighted by Crippen LogP contribution is 2.32. The number of aryl methyl sites for hydroxylation is 1. The summed E-state index contributed by atoms with van der Waals surface area (Å²) < 4.78 is 10.9.